The van der Waals surface area contributed by atoms with E-state index in [9.17, 15) is 48.5 Å². The standard InChI is InChI=1S/C23H22N2O6.C22H17ClN2O7/c1-13-17(12-20(26)27)18-11-16(31-4)9-10-19(18)25(13)22(29)15-7-5-14(6-8-15)21(28)23(2,3)24-30;1-11-17(18(26)22(2,24-31)19(27)21(29)30)15-10-14(32-3)8-9-16(15)25(11)20(28)12-4-6-13(23)7-5-12/h5-11H,12H2,1-4H3,(H,26,27);4-10H,1-3H3,(H,29,30). The lowest BCUT2D eigenvalue weighted by atomic mass is 9.86. The number of carbonyl (C=O) groups is 7. The first kappa shape index (κ1) is 46.4. The van der Waals surface area contributed by atoms with E-state index in [0.29, 0.717) is 49.8 Å². The predicted octanol–water partition coefficient (Wildman–Crippen LogP) is 7.66. The molecule has 18 heteroatoms. The van der Waals surface area contributed by atoms with Crippen molar-refractivity contribution >= 4 is 74.5 Å². The molecule has 17 nitrogen and oxygen atoms in total. The lowest BCUT2D eigenvalue weighted by molar-refractivity contribution is -0.150. The lowest BCUT2D eigenvalue weighted by Gasteiger charge is -2.16. The Morgan fingerprint density at radius 3 is 1.56 bits per heavy atom. The minimum absolute atomic E-state index is 0.103. The molecule has 0 saturated heterocycles. The number of hydrogen-bond donors (Lipinski definition) is 2. The van der Waals surface area contributed by atoms with E-state index in [1.165, 1.54) is 105 Å². The van der Waals surface area contributed by atoms with Crippen LogP contribution in [0.15, 0.2) is 95.3 Å². The number of rotatable bonds is 14. The zero-order valence-electron chi connectivity index (χ0n) is 34.8. The SMILES string of the molecule is COc1ccc2c(c1)c(C(=O)C(C)(N=O)C(=O)C(=O)O)c(C)n2C(=O)c1ccc(Cl)cc1.COc1ccc2c(c1)c(CC(=O)O)c(C)n2C(=O)c1ccc(C(=O)C(C)(C)N=O)cc1. The van der Waals surface area contributed by atoms with Gasteiger partial charge in [-0.15, -0.1) is 9.81 Å². The summed E-state index contributed by atoms with van der Waals surface area (Å²) < 4.78 is 13.1. The molecule has 0 saturated carbocycles. The second-order valence-corrected chi connectivity index (χ2v) is 15.3. The number of carboxylic acids is 2. The predicted molar refractivity (Wildman–Crippen MR) is 231 cm³/mol. The fourth-order valence-corrected chi connectivity index (χ4v) is 7.07. The summed E-state index contributed by atoms with van der Waals surface area (Å²) in [6, 6.07) is 21.7. The largest absolute Gasteiger partial charge is 0.497 e. The van der Waals surface area contributed by atoms with Gasteiger partial charge in [0.05, 0.1) is 31.7 Å². The fourth-order valence-electron chi connectivity index (χ4n) is 6.95. The van der Waals surface area contributed by atoms with Gasteiger partial charge in [0.15, 0.2) is 11.3 Å². The minimum atomic E-state index is -2.72. The van der Waals surface area contributed by atoms with Gasteiger partial charge in [0.1, 0.15) is 11.5 Å². The third-order valence-electron chi connectivity index (χ3n) is 10.4. The van der Waals surface area contributed by atoms with Crippen LogP contribution >= 0.6 is 11.6 Å². The Morgan fingerprint density at radius 1 is 0.635 bits per heavy atom. The summed E-state index contributed by atoms with van der Waals surface area (Å²) in [6.45, 7) is 6.83. The van der Waals surface area contributed by atoms with Crippen molar-refractivity contribution in [1.82, 2.24) is 9.13 Å². The second kappa shape index (κ2) is 18.1. The van der Waals surface area contributed by atoms with Crippen molar-refractivity contribution in [3.63, 3.8) is 0 Å². The number of aromatic nitrogens is 2. The summed E-state index contributed by atoms with van der Waals surface area (Å²) in [7, 11) is 2.91. The van der Waals surface area contributed by atoms with Crippen molar-refractivity contribution in [2.24, 2.45) is 10.4 Å². The van der Waals surface area contributed by atoms with Crippen LogP contribution < -0.4 is 9.47 Å². The highest BCUT2D eigenvalue weighted by atomic mass is 35.5. The maximum Gasteiger partial charge on any atom is 0.375 e. The first-order valence-corrected chi connectivity index (χ1v) is 19.1. The number of ether oxygens (including phenoxy) is 2. The Morgan fingerprint density at radius 2 is 1.10 bits per heavy atom. The molecule has 2 N–H and O–H groups in total. The van der Waals surface area contributed by atoms with E-state index in [1.54, 1.807) is 31.2 Å². The van der Waals surface area contributed by atoms with Gasteiger partial charge < -0.3 is 19.7 Å². The van der Waals surface area contributed by atoms with E-state index in [-0.39, 0.29) is 40.1 Å². The lowest BCUT2D eigenvalue weighted by Crippen LogP contribution is -2.45. The summed E-state index contributed by atoms with van der Waals surface area (Å²) in [5.41, 5.74) is -1.45. The average Bonchev–Trinajstić information content (AvgIpc) is 3.72. The Labute approximate surface area is 363 Å². The van der Waals surface area contributed by atoms with Crippen LogP contribution in [0, 0.1) is 23.7 Å². The van der Waals surface area contributed by atoms with Gasteiger partial charge in [0.25, 0.3) is 17.6 Å². The van der Waals surface area contributed by atoms with Gasteiger partial charge in [-0.1, -0.05) is 28.9 Å². The van der Waals surface area contributed by atoms with Crippen LogP contribution in [0.25, 0.3) is 21.8 Å². The molecule has 324 valence electrons. The summed E-state index contributed by atoms with van der Waals surface area (Å²) in [5.74, 6) is -6.22. The maximum absolute atomic E-state index is 13.3. The summed E-state index contributed by atoms with van der Waals surface area (Å²) in [6.07, 6.45) is -0.239. The molecule has 63 heavy (non-hydrogen) atoms. The van der Waals surface area contributed by atoms with E-state index in [0.717, 1.165) is 6.92 Å². The third kappa shape index (κ3) is 8.76. The number of halogens is 1. The van der Waals surface area contributed by atoms with E-state index >= 15 is 0 Å². The van der Waals surface area contributed by atoms with E-state index in [4.69, 9.17) is 26.2 Å². The molecule has 2 heterocycles. The Balaban J connectivity index is 0.000000238. The highest BCUT2D eigenvalue weighted by Crippen LogP contribution is 2.35. The summed E-state index contributed by atoms with van der Waals surface area (Å²) in [4.78, 5) is 109. The van der Waals surface area contributed by atoms with Crippen LogP contribution in [0.5, 0.6) is 11.5 Å². The summed E-state index contributed by atoms with van der Waals surface area (Å²) >= 11 is 5.89. The van der Waals surface area contributed by atoms with Crippen molar-refractivity contribution in [3.05, 3.63) is 139 Å². The van der Waals surface area contributed by atoms with Gasteiger partial charge in [-0.2, -0.15) is 0 Å². The fraction of sp³-hybridized carbons (Fsp3) is 0.222. The number of aliphatic carboxylic acids is 2. The van der Waals surface area contributed by atoms with Crippen LogP contribution in [0.2, 0.25) is 5.02 Å². The van der Waals surface area contributed by atoms with Gasteiger partial charge in [0.2, 0.25) is 11.3 Å². The number of hydrogen-bond acceptors (Lipinski definition) is 13. The summed E-state index contributed by atoms with van der Waals surface area (Å²) in [5, 5.41) is 25.1. The topological polar surface area (TPSA) is 247 Å². The molecular formula is C45H39ClN4O13. The Kier molecular flexibility index (Phi) is 13.4. The highest BCUT2D eigenvalue weighted by molar-refractivity contribution is 6.44. The minimum Gasteiger partial charge on any atom is -0.497 e. The maximum atomic E-state index is 13.3. The Hall–Kier alpha value is -7.66. The molecule has 1 unspecified atom stereocenters. The first-order chi connectivity index (χ1) is 29.7. The monoisotopic (exact) mass is 878 g/mol. The molecule has 6 rings (SSSR count). The number of methoxy groups -OCH3 is 2. The zero-order chi connectivity index (χ0) is 46.7. The average molecular weight is 879 g/mol. The highest BCUT2D eigenvalue weighted by Gasteiger charge is 2.49. The number of benzene rings is 4. The van der Waals surface area contributed by atoms with E-state index < -0.39 is 46.3 Å². The number of carbonyl (C=O) groups excluding carboxylic acids is 5. The molecule has 0 aliphatic carbocycles. The molecule has 0 spiro atoms. The molecule has 1 atom stereocenters. The van der Waals surface area contributed by atoms with Gasteiger partial charge in [-0.25, -0.2) is 4.79 Å². The van der Waals surface area contributed by atoms with Gasteiger partial charge in [-0.3, -0.25) is 37.9 Å². The number of fused-ring (bicyclic) bond motifs is 2. The third-order valence-corrected chi connectivity index (χ3v) is 10.7. The van der Waals surface area contributed by atoms with Crippen LogP contribution in [0.4, 0.5) is 0 Å². The van der Waals surface area contributed by atoms with Crippen LogP contribution in [0.1, 0.15) is 79.2 Å². The second-order valence-electron chi connectivity index (χ2n) is 14.8. The number of Topliss-reactive ketones (excluding diaryl/α,β-unsaturated/α-hetero) is 3. The van der Waals surface area contributed by atoms with Gasteiger partial charge >= 0.3 is 11.9 Å². The van der Waals surface area contributed by atoms with Crippen molar-refractivity contribution in [3.8, 4) is 11.5 Å². The number of ketones is 3. The van der Waals surface area contributed by atoms with Crippen LogP contribution in [-0.2, 0) is 20.8 Å². The number of nitroso groups, excluding NO2 is 2. The smallest absolute Gasteiger partial charge is 0.375 e. The van der Waals surface area contributed by atoms with E-state index in [2.05, 4.69) is 10.4 Å². The van der Waals surface area contributed by atoms with E-state index in [1.807, 2.05) is 0 Å². The normalized spacial score (nSPS) is 12.1. The van der Waals surface area contributed by atoms with Crippen molar-refractivity contribution in [2.75, 3.05) is 14.2 Å². The van der Waals surface area contributed by atoms with Crippen molar-refractivity contribution < 1.29 is 53.2 Å². The molecular weight excluding hydrogens is 840 g/mol. The molecule has 0 bridgehead atoms. The molecule has 0 radical (unpaired) electrons. The molecule has 2 aromatic heterocycles. The molecule has 4 aromatic carbocycles. The first-order valence-electron chi connectivity index (χ1n) is 18.8. The zero-order valence-corrected chi connectivity index (χ0v) is 35.6. The van der Waals surface area contributed by atoms with Crippen LogP contribution in [-0.4, -0.2) is 85.7 Å². The molecule has 0 aliphatic heterocycles. The molecule has 0 fully saturated rings. The van der Waals surface area contributed by atoms with Gasteiger partial charge in [0, 0.05) is 49.4 Å². The van der Waals surface area contributed by atoms with Crippen molar-refractivity contribution in [1.29, 1.82) is 0 Å². The van der Waals surface area contributed by atoms with Gasteiger partial charge in [-0.05, 0) is 118 Å². The van der Waals surface area contributed by atoms with Crippen LogP contribution in [0.3, 0.4) is 0 Å². The molecule has 0 aliphatic rings. The Bertz CT molecular complexity index is 2890. The molecule has 0 amide bonds. The quantitative estimate of drug-likeness (QED) is 0.0462. The molecule has 6 aromatic rings. The van der Waals surface area contributed by atoms with Crippen molar-refractivity contribution in [2.45, 2.75) is 52.1 Å². The number of carboxylic acid groups (broad SMARTS) is 2. The number of nitrogens with zero attached hydrogens (tertiary/aromatic N) is 4.